The highest BCUT2D eigenvalue weighted by Gasteiger charge is 2.14. The summed E-state index contributed by atoms with van der Waals surface area (Å²) < 4.78 is 0. The molecule has 0 bridgehead atoms. The van der Waals surface area contributed by atoms with Crippen molar-refractivity contribution in [1.29, 1.82) is 0 Å². The first-order chi connectivity index (χ1) is 9.74. The number of hydrogen-bond acceptors (Lipinski definition) is 2. The van der Waals surface area contributed by atoms with E-state index in [1.54, 1.807) is 6.07 Å². The number of anilines is 1. The van der Waals surface area contributed by atoms with Crippen LogP contribution in [0, 0.1) is 0 Å². The molecule has 0 fully saturated rings. The standard InChI is InChI=1S/C18H21NO/c1-13(15-8-4-9-16(20)12-15)19-18-11-5-7-14-6-2-3-10-17(14)18/h4-5,7-9,11-13,19-20H,2-3,6,10H2,1H3. The van der Waals surface area contributed by atoms with Gasteiger partial charge in [0.25, 0.3) is 0 Å². The van der Waals surface area contributed by atoms with Gasteiger partial charge in [0.05, 0.1) is 0 Å². The lowest BCUT2D eigenvalue weighted by molar-refractivity contribution is 0.474. The van der Waals surface area contributed by atoms with Crippen molar-refractivity contribution in [2.75, 3.05) is 5.32 Å². The molecule has 2 heteroatoms. The van der Waals surface area contributed by atoms with Gasteiger partial charge in [-0.25, -0.2) is 0 Å². The van der Waals surface area contributed by atoms with E-state index >= 15 is 0 Å². The van der Waals surface area contributed by atoms with Gasteiger partial charge in [0.2, 0.25) is 0 Å². The molecule has 0 amide bonds. The number of phenols is 1. The highest BCUT2D eigenvalue weighted by Crippen LogP contribution is 2.30. The Hall–Kier alpha value is -1.96. The molecule has 0 aromatic heterocycles. The quantitative estimate of drug-likeness (QED) is 0.861. The van der Waals surface area contributed by atoms with E-state index in [0.29, 0.717) is 5.75 Å². The minimum atomic E-state index is 0.190. The molecular weight excluding hydrogens is 246 g/mol. The van der Waals surface area contributed by atoms with Crippen molar-refractivity contribution in [3.63, 3.8) is 0 Å². The van der Waals surface area contributed by atoms with Crippen LogP contribution in [-0.2, 0) is 12.8 Å². The lowest BCUT2D eigenvalue weighted by atomic mass is 9.90. The van der Waals surface area contributed by atoms with Crippen molar-refractivity contribution in [2.45, 2.75) is 38.6 Å². The van der Waals surface area contributed by atoms with E-state index < -0.39 is 0 Å². The average molecular weight is 267 g/mol. The van der Waals surface area contributed by atoms with E-state index in [4.69, 9.17) is 0 Å². The zero-order chi connectivity index (χ0) is 13.9. The molecule has 0 saturated carbocycles. The molecule has 1 atom stereocenters. The Morgan fingerprint density at radius 2 is 1.85 bits per heavy atom. The fourth-order valence-corrected chi connectivity index (χ4v) is 3.03. The molecule has 2 aromatic carbocycles. The highest BCUT2D eigenvalue weighted by atomic mass is 16.3. The molecular formula is C18H21NO. The van der Waals surface area contributed by atoms with Crippen molar-refractivity contribution in [3.05, 3.63) is 59.2 Å². The van der Waals surface area contributed by atoms with Gasteiger partial charge in [-0.15, -0.1) is 0 Å². The summed E-state index contributed by atoms with van der Waals surface area (Å²) in [6.07, 6.45) is 4.96. The minimum Gasteiger partial charge on any atom is -0.508 e. The van der Waals surface area contributed by atoms with Crippen LogP contribution in [0.25, 0.3) is 0 Å². The summed E-state index contributed by atoms with van der Waals surface area (Å²) in [5, 5.41) is 13.2. The first-order valence-corrected chi connectivity index (χ1v) is 7.40. The number of benzene rings is 2. The smallest absolute Gasteiger partial charge is 0.115 e. The maximum absolute atomic E-state index is 9.59. The van der Waals surface area contributed by atoms with Crippen LogP contribution in [0.3, 0.4) is 0 Å². The number of aryl methyl sites for hydroxylation is 1. The van der Waals surface area contributed by atoms with Gasteiger partial charge < -0.3 is 10.4 Å². The Bertz CT molecular complexity index is 606. The highest BCUT2D eigenvalue weighted by molar-refractivity contribution is 5.57. The summed E-state index contributed by atoms with van der Waals surface area (Å²) in [6.45, 7) is 2.14. The van der Waals surface area contributed by atoms with Crippen molar-refractivity contribution >= 4 is 5.69 Å². The monoisotopic (exact) mass is 267 g/mol. The molecule has 20 heavy (non-hydrogen) atoms. The fourth-order valence-electron chi connectivity index (χ4n) is 3.03. The Morgan fingerprint density at radius 3 is 2.70 bits per heavy atom. The fraction of sp³-hybridized carbons (Fsp3) is 0.333. The zero-order valence-corrected chi connectivity index (χ0v) is 11.9. The Morgan fingerprint density at radius 1 is 1.05 bits per heavy atom. The van der Waals surface area contributed by atoms with Crippen LogP contribution in [0.2, 0.25) is 0 Å². The summed E-state index contributed by atoms with van der Waals surface area (Å²) in [4.78, 5) is 0. The van der Waals surface area contributed by atoms with Gasteiger partial charge in [-0.05, 0) is 67.5 Å². The number of hydrogen-bond donors (Lipinski definition) is 2. The molecule has 0 spiro atoms. The second kappa shape index (κ2) is 5.58. The third-order valence-corrected chi connectivity index (χ3v) is 4.14. The number of phenolic OH excluding ortho intramolecular Hbond substituents is 1. The minimum absolute atomic E-state index is 0.190. The average Bonchev–Trinajstić information content (AvgIpc) is 2.47. The van der Waals surface area contributed by atoms with E-state index in [9.17, 15) is 5.11 Å². The van der Waals surface area contributed by atoms with Crippen LogP contribution in [0.15, 0.2) is 42.5 Å². The predicted octanol–water partition coefficient (Wildman–Crippen LogP) is 4.44. The molecule has 2 aromatic rings. The topological polar surface area (TPSA) is 32.3 Å². The second-order valence-electron chi connectivity index (χ2n) is 5.61. The lowest BCUT2D eigenvalue weighted by Gasteiger charge is -2.23. The SMILES string of the molecule is CC(Nc1cccc2c1CCCC2)c1cccc(O)c1. The van der Waals surface area contributed by atoms with Crippen molar-refractivity contribution in [3.8, 4) is 5.75 Å². The van der Waals surface area contributed by atoms with Crippen LogP contribution in [-0.4, -0.2) is 5.11 Å². The molecule has 2 N–H and O–H groups in total. The van der Waals surface area contributed by atoms with Gasteiger partial charge in [0.1, 0.15) is 5.75 Å². The maximum Gasteiger partial charge on any atom is 0.115 e. The van der Waals surface area contributed by atoms with Crippen molar-refractivity contribution < 1.29 is 5.11 Å². The largest absolute Gasteiger partial charge is 0.508 e. The summed E-state index contributed by atoms with van der Waals surface area (Å²) in [6, 6.07) is 14.2. The van der Waals surface area contributed by atoms with Crippen LogP contribution < -0.4 is 5.32 Å². The Kier molecular flexibility index (Phi) is 3.64. The van der Waals surface area contributed by atoms with Crippen LogP contribution >= 0.6 is 0 Å². The lowest BCUT2D eigenvalue weighted by Crippen LogP contribution is -2.11. The van der Waals surface area contributed by atoms with E-state index in [0.717, 1.165) is 5.56 Å². The predicted molar refractivity (Wildman–Crippen MR) is 83.2 cm³/mol. The number of rotatable bonds is 3. The van der Waals surface area contributed by atoms with Crippen LogP contribution in [0.4, 0.5) is 5.69 Å². The van der Waals surface area contributed by atoms with Crippen LogP contribution in [0.1, 0.15) is 42.5 Å². The van der Waals surface area contributed by atoms with Gasteiger partial charge in [0.15, 0.2) is 0 Å². The molecule has 0 aliphatic heterocycles. The normalized spacial score (nSPS) is 15.4. The molecule has 2 nitrogen and oxygen atoms in total. The molecule has 1 unspecified atom stereocenters. The summed E-state index contributed by atoms with van der Waals surface area (Å²) in [5.41, 5.74) is 5.33. The van der Waals surface area contributed by atoms with E-state index in [1.165, 1.54) is 42.5 Å². The number of fused-ring (bicyclic) bond motifs is 1. The van der Waals surface area contributed by atoms with Gasteiger partial charge in [-0.1, -0.05) is 24.3 Å². The molecule has 104 valence electrons. The van der Waals surface area contributed by atoms with E-state index in [1.807, 2.05) is 18.2 Å². The van der Waals surface area contributed by atoms with Gasteiger partial charge in [-0.3, -0.25) is 0 Å². The number of aromatic hydroxyl groups is 1. The van der Waals surface area contributed by atoms with Gasteiger partial charge >= 0.3 is 0 Å². The second-order valence-corrected chi connectivity index (χ2v) is 5.61. The third-order valence-electron chi connectivity index (χ3n) is 4.14. The van der Waals surface area contributed by atoms with Crippen molar-refractivity contribution in [2.24, 2.45) is 0 Å². The van der Waals surface area contributed by atoms with Crippen molar-refractivity contribution in [1.82, 2.24) is 0 Å². The number of nitrogens with one attached hydrogen (secondary N) is 1. The Labute approximate surface area is 120 Å². The van der Waals surface area contributed by atoms with Crippen LogP contribution in [0.5, 0.6) is 5.75 Å². The first-order valence-electron chi connectivity index (χ1n) is 7.40. The van der Waals surface area contributed by atoms with E-state index in [2.05, 4.69) is 30.4 Å². The Balaban J connectivity index is 1.84. The summed E-state index contributed by atoms with van der Waals surface area (Å²) in [5.74, 6) is 0.325. The summed E-state index contributed by atoms with van der Waals surface area (Å²) in [7, 11) is 0. The third kappa shape index (κ3) is 2.64. The summed E-state index contributed by atoms with van der Waals surface area (Å²) >= 11 is 0. The van der Waals surface area contributed by atoms with Gasteiger partial charge in [0, 0.05) is 11.7 Å². The molecule has 0 saturated heterocycles. The molecule has 1 aliphatic rings. The molecule has 0 radical (unpaired) electrons. The zero-order valence-electron chi connectivity index (χ0n) is 11.9. The molecule has 1 aliphatic carbocycles. The molecule has 0 heterocycles. The maximum atomic E-state index is 9.59. The molecule has 3 rings (SSSR count). The van der Waals surface area contributed by atoms with E-state index in [-0.39, 0.29) is 6.04 Å². The van der Waals surface area contributed by atoms with Gasteiger partial charge in [-0.2, -0.15) is 0 Å². The first kappa shape index (κ1) is 13.0.